The standard InChI is InChI=1S/C13H11N5O2.C3H3F3O2/c19-11(20)3-7-17-5-1-10(2-6-17)12-13-15-9-16-18(13)8-4-14-12;1-8-2(7)3(4,5)6/h1-2,4-6,8-9H,3,7H2;1H3/p+1. The molecular weight excluding hydrogens is 383 g/mol. The molecule has 0 aliphatic rings. The number of aliphatic carboxylic acids is 1. The van der Waals surface area contributed by atoms with E-state index < -0.39 is 18.1 Å². The van der Waals surface area contributed by atoms with Crippen LogP contribution >= 0.6 is 0 Å². The van der Waals surface area contributed by atoms with Gasteiger partial charge in [0.05, 0.1) is 7.11 Å². The van der Waals surface area contributed by atoms with Gasteiger partial charge >= 0.3 is 18.1 Å². The number of halogens is 3. The minimum atomic E-state index is -4.85. The van der Waals surface area contributed by atoms with Crippen LogP contribution in [0.5, 0.6) is 0 Å². The molecule has 0 radical (unpaired) electrons. The lowest BCUT2D eigenvalue weighted by atomic mass is 10.2. The number of hydrogen-bond acceptors (Lipinski definition) is 6. The first-order chi connectivity index (χ1) is 13.2. The van der Waals surface area contributed by atoms with Crippen LogP contribution in [-0.4, -0.2) is 49.9 Å². The fourth-order valence-corrected chi connectivity index (χ4v) is 2.07. The van der Waals surface area contributed by atoms with Gasteiger partial charge in [-0.3, -0.25) is 9.78 Å². The van der Waals surface area contributed by atoms with E-state index in [9.17, 15) is 22.8 Å². The van der Waals surface area contributed by atoms with E-state index in [-0.39, 0.29) is 6.42 Å². The topological polar surface area (TPSA) is 111 Å². The number of aryl methyl sites for hydroxylation is 1. The SMILES string of the molecule is COC(=O)C(F)(F)F.O=C(O)CC[n+]1ccc(-c2nccn3ncnc23)cc1. The minimum Gasteiger partial charge on any atom is -0.481 e. The highest BCUT2D eigenvalue weighted by Gasteiger charge is 2.40. The summed E-state index contributed by atoms with van der Waals surface area (Å²) in [5.74, 6) is -2.98. The third-order valence-corrected chi connectivity index (χ3v) is 3.36. The molecule has 0 saturated carbocycles. The molecule has 0 spiro atoms. The predicted octanol–water partition coefficient (Wildman–Crippen LogP) is 1.28. The van der Waals surface area contributed by atoms with Gasteiger partial charge in [0.2, 0.25) is 0 Å². The Balaban J connectivity index is 0.000000300. The molecule has 0 bridgehead atoms. The first-order valence-corrected chi connectivity index (χ1v) is 7.73. The van der Waals surface area contributed by atoms with Gasteiger partial charge in [-0.25, -0.2) is 18.9 Å². The second kappa shape index (κ2) is 8.88. The van der Waals surface area contributed by atoms with Crippen molar-refractivity contribution in [2.24, 2.45) is 0 Å². The Labute approximate surface area is 156 Å². The van der Waals surface area contributed by atoms with E-state index in [1.165, 1.54) is 6.33 Å². The highest BCUT2D eigenvalue weighted by molar-refractivity contribution is 5.75. The summed E-state index contributed by atoms with van der Waals surface area (Å²) in [6, 6.07) is 3.78. The summed E-state index contributed by atoms with van der Waals surface area (Å²) >= 11 is 0. The highest BCUT2D eigenvalue weighted by Crippen LogP contribution is 2.18. The van der Waals surface area contributed by atoms with Crippen molar-refractivity contribution in [2.45, 2.75) is 19.1 Å². The van der Waals surface area contributed by atoms with E-state index in [0.29, 0.717) is 19.3 Å². The van der Waals surface area contributed by atoms with Crippen molar-refractivity contribution in [3.63, 3.8) is 0 Å². The highest BCUT2D eigenvalue weighted by atomic mass is 19.4. The normalized spacial score (nSPS) is 10.9. The molecule has 1 N–H and O–H groups in total. The third kappa shape index (κ3) is 5.46. The zero-order chi connectivity index (χ0) is 20.7. The largest absolute Gasteiger partial charge is 0.490 e. The molecular formula is C16H15F3N5O4+. The van der Waals surface area contributed by atoms with Crippen LogP contribution in [0.1, 0.15) is 6.42 Å². The molecule has 3 aromatic rings. The molecule has 3 heterocycles. The summed E-state index contributed by atoms with van der Waals surface area (Å²) < 4.78 is 39.8. The van der Waals surface area contributed by atoms with Crippen LogP contribution in [0.4, 0.5) is 13.2 Å². The number of nitrogens with zero attached hydrogens (tertiary/aromatic N) is 5. The van der Waals surface area contributed by atoms with E-state index in [2.05, 4.69) is 19.8 Å². The number of carboxylic acids is 1. The summed E-state index contributed by atoms with van der Waals surface area (Å²) in [4.78, 5) is 28.5. The van der Waals surface area contributed by atoms with Crippen LogP contribution in [0, 0.1) is 0 Å². The lowest BCUT2D eigenvalue weighted by Crippen LogP contribution is -2.33. The molecule has 0 aromatic carbocycles. The van der Waals surface area contributed by atoms with Gasteiger partial charge in [0.15, 0.2) is 24.6 Å². The molecule has 0 atom stereocenters. The molecule has 28 heavy (non-hydrogen) atoms. The molecule has 148 valence electrons. The van der Waals surface area contributed by atoms with Gasteiger partial charge in [0.1, 0.15) is 18.4 Å². The maximum atomic E-state index is 11.0. The van der Waals surface area contributed by atoms with Crippen LogP contribution in [0.15, 0.2) is 43.2 Å². The Morgan fingerprint density at radius 1 is 1.25 bits per heavy atom. The molecule has 0 unspecified atom stereocenters. The number of esters is 1. The van der Waals surface area contributed by atoms with Crippen molar-refractivity contribution in [3.05, 3.63) is 43.2 Å². The molecule has 0 amide bonds. The fraction of sp³-hybridized carbons (Fsp3) is 0.250. The second-order valence-electron chi connectivity index (χ2n) is 5.26. The number of pyridine rings is 1. The molecule has 0 fully saturated rings. The minimum absolute atomic E-state index is 0.0992. The number of alkyl halides is 3. The van der Waals surface area contributed by atoms with E-state index in [1.807, 2.05) is 29.1 Å². The van der Waals surface area contributed by atoms with E-state index in [0.717, 1.165) is 11.3 Å². The summed E-state index contributed by atoms with van der Waals surface area (Å²) in [5, 5.41) is 12.7. The van der Waals surface area contributed by atoms with Crippen molar-refractivity contribution in [3.8, 4) is 11.3 Å². The van der Waals surface area contributed by atoms with Gasteiger partial charge in [-0.15, -0.1) is 0 Å². The Kier molecular flexibility index (Phi) is 6.58. The second-order valence-corrected chi connectivity index (χ2v) is 5.26. The van der Waals surface area contributed by atoms with Gasteiger partial charge in [0.25, 0.3) is 0 Å². The number of carbonyl (C=O) groups excluding carboxylic acids is 1. The van der Waals surface area contributed by atoms with E-state index in [4.69, 9.17) is 5.11 Å². The van der Waals surface area contributed by atoms with E-state index >= 15 is 0 Å². The van der Waals surface area contributed by atoms with Crippen molar-refractivity contribution in [1.29, 1.82) is 0 Å². The quantitative estimate of drug-likeness (QED) is 0.521. The van der Waals surface area contributed by atoms with Crippen molar-refractivity contribution in [1.82, 2.24) is 19.6 Å². The maximum absolute atomic E-state index is 11.0. The molecule has 9 nitrogen and oxygen atoms in total. The monoisotopic (exact) mass is 398 g/mol. The molecule has 3 rings (SSSR count). The smallest absolute Gasteiger partial charge is 0.481 e. The van der Waals surface area contributed by atoms with E-state index in [1.54, 1.807) is 16.9 Å². The molecule has 3 aromatic heterocycles. The number of fused-ring (bicyclic) bond motifs is 1. The lowest BCUT2D eigenvalue weighted by molar-refractivity contribution is -0.695. The summed E-state index contributed by atoms with van der Waals surface area (Å²) in [5.41, 5.74) is 2.35. The summed E-state index contributed by atoms with van der Waals surface area (Å²) in [6.45, 7) is 0.443. The number of hydrogen-bond donors (Lipinski definition) is 1. The molecule has 0 aliphatic heterocycles. The van der Waals surface area contributed by atoms with Gasteiger partial charge in [0, 0.05) is 30.1 Å². The number of carbonyl (C=O) groups is 2. The van der Waals surface area contributed by atoms with Crippen LogP contribution in [-0.2, 0) is 20.9 Å². The first-order valence-electron chi connectivity index (χ1n) is 7.73. The van der Waals surface area contributed by atoms with Crippen LogP contribution < -0.4 is 4.57 Å². The number of rotatable bonds is 4. The Hall–Kier alpha value is -3.57. The number of aromatic nitrogens is 5. The number of carboxylic acid groups (broad SMARTS) is 1. The average Bonchev–Trinajstić information content (AvgIpc) is 3.14. The number of methoxy groups -OCH3 is 1. The molecule has 0 aliphatic carbocycles. The third-order valence-electron chi connectivity index (χ3n) is 3.36. The van der Waals surface area contributed by atoms with Gasteiger partial charge < -0.3 is 9.84 Å². The fourth-order valence-electron chi connectivity index (χ4n) is 2.07. The Morgan fingerprint density at radius 2 is 1.93 bits per heavy atom. The summed E-state index contributed by atoms with van der Waals surface area (Å²) in [6.07, 6.45) is 3.80. The zero-order valence-corrected chi connectivity index (χ0v) is 14.5. The van der Waals surface area contributed by atoms with Crippen LogP contribution in [0.25, 0.3) is 16.9 Å². The average molecular weight is 398 g/mol. The Morgan fingerprint density at radius 3 is 2.46 bits per heavy atom. The van der Waals surface area contributed by atoms with Crippen LogP contribution in [0.2, 0.25) is 0 Å². The number of ether oxygens (including phenoxy) is 1. The zero-order valence-electron chi connectivity index (χ0n) is 14.5. The first kappa shape index (κ1) is 20.7. The lowest BCUT2D eigenvalue weighted by Gasteiger charge is -2.01. The van der Waals surface area contributed by atoms with Crippen molar-refractivity contribution in [2.75, 3.05) is 7.11 Å². The Bertz CT molecular complexity index is 957. The van der Waals surface area contributed by atoms with Crippen molar-refractivity contribution < 1.29 is 37.2 Å². The van der Waals surface area contributed by atoms with Gasteiger partial charge in [-0.2, -0.15) is 18.3 Å². The van der Waals surface area contributed by atoms with Gasteiger partial charge in [-0.05, 0) is 0 Å². The summed E-state index contributed by atoms with van der Waals surface area (Å²) in [7, 11) is 0.676. The van der Waals surface area contributed by atoms with Crippen molar-refractivity contribution >= 4 is 17.6 Å². The molecule has 12 heteroatoms. The predicted molar refractivity (Wildman–Crippen MR) is 86.7 cm³/mol. The molecule has 0 saturated heterocycles. The van der Waals surface area contributed by atoms with Crippen LogP contribution in [0.3, 0.4) is 0 Å². The van der Waals surface area contributed by atoms with Gasteiger partial charge in [-0.1, -0.05) is 0 Å². The maximum Gasteiger partial charge on any atom is 0.490 e.